The second-order valence-electron chi connectivity index (χ2n) is 5.05. The molecule has 16 heavy (non-hydrogen) atoms. The summed E-state index contributed by atoms with van der Waals surface area (Å²) < 4.78 is 10.9. The second kappa shape index (κ2) is 5.45. The van der Waals surface area contributed by atoms with Gasteiger partial charge in [-0.1, -0.05) is 0 Å². The Balaban J connectivity index is 1.54. The lowest BCUT2D eigenvalue weighted by atomic mass is 10.1. The fourth-order valence-electron chi connectivity index (χ4n) is 1.97. The molecule has 4 heteroatoms. The molecule has 0 aromatic carbocycles. The summed E-state index contributed by atoms with van der Waals surface area (Å²) in [5, 5.41) is 19.3. The van der Waals surface area contributed by atoms with Gasteiger partial charge in [-0.05, 0) is 44.9 Å². The molecule has 2 N–H and O–H groups in total. The van der Waals surface area contributed by atoms with E-state index in [-0.39, 0.29) is 6.29 Å². The van der Waals surface area contributed by atoms with E-state index in [1.54, 1.807) is 0 Å². The summed E-state index contributed by atoms with van der Waals surface area (Å²) in [5.74, 6) is 0. The van der Waals surface area contributed by atoms with Crippen LogP contribution in [0.1, 0.15) is 44.9 Å². The zero-order valence-electron chi connectivity index (χ0n) is 9.73. The van der Waals surface area contributed by atoms with Crippen molar-refractivity contribution in [3.63, 3.8) is 0 Å². The van der Waals surface area contributed by atoms with Crippen LogP contribution in [0.15, 0.2) is 0 Å². The van der Waals surface area contributed by atoms with E-state index < -0.39 is 11.7 Å². The molecule has 0 amide bonds. The first-order valence-electron chi connectivity index (χ1n) is 6.32. The summed E-state index contributed by atoms with van der Waals surface area (Å²) in [4.78, 5) is 0. The van der Waals surface area contributed by atoms with Crippen LogP contribution in [0, 0.1) is 0 Å². The summed E-state index contributed by atoms with van der Waals surface area (Å²) in [6.07, 6.45) is 5.62. The van der Waals surface area contributed by atoms with Crippen LogP contribution in [-0.2, 0) is 9.47 Å². The molecule has 1 aliphatic heterocycles. The molecule has 2 rings (SSSR count). The zero-order chi connectivity index (χ0) is 11.4. The molecule has 1 saturated carbocycles. The fraction of sp³-hybridized carbons (Fsp3) is 1.00. The summed E-state index contributed by atoms with van der Waals surface area (Å²) in [6, 6.07) is 0. The van der Waals surface area contributed by atoms with Gasteiger partial charge in [-0.15, -0.1) is 0 Å². The fourth-order valence-corrected chi connectivity index (χ4v) is 1.97. The first-order chi connectivity index (χ1) is 7.68. The highest BCUT2D eigenvalue weighted by Gasteiger charge is 2.39. The van der Waals surface area contributed by atoms with E-state index in [4.69, 9.17) is 9.47 Å². The van der Waals surface area contributed by atoms with Gasteiger partial charge in [-0.25, -0.2) is 0 Å². The lowest BCUT2D eigenvalue weighted by Gasteiger charge is -2.24. The molecule has 0 radical (unpaired) electrons. The van der Waals surface area contributed by atoms with E-state index in [9.17, 15) is 10.2 Å². The van der Waals surface area contributed by atoms with Crippen LogP contribution in [0.4, 0.5) is 0 Å². The third-order valence-corrected chi connectivity index (χ3v) is 3.38. The van der Waals surface area contributed by atoms with Crippen LogP contribution in [0.3, 0.4) is 0 Å². The quantitative estimate of drug-likeness (QED) is 0.719. The molecule has 4 nitrogen and oxygen atoms in total. The van der Waals surface area contributed by atoms with Crippen molar-refractivity contribution < 1.29 is 19.7 Å². The Hall–Kier alpha value is -0.160. The predicted octanol–water partition coefficient (Wildman–Crippen LogP) is 1.20. The van der Waals surface area contributed by atoms with E-state index in [0.717, 1.165) is 38.7 Å². The number of aliphatic hydroxyl groups is 2. The van der Waals surface area contributed by atoms with Gasteiger partial charge >= 0.3 is 0 Å². The summed E-state index contributed by atoms with van der Waals surface area (Å²) in [7, 11) is 0. The van der Waals surface area contributed by atoms with Crippen molar-refractivity contribution >= 4 is 0 Å². The minimum absolute atomic E-state index is 0.132. The topological polar surface area (TPSA) is 58.9 Å². The van der Waals surface area contributed by atoms with Crippen molar-refractivity contribution in [2.75, 3.05) is 13.2 Å². The van der Waals surface area contributed by atoms with Crippen molar-refractivity contribution in [3.05, 3.63) is 0 Å². The molecule has 1 aliphatic carbocycles. The molecule has 2 aliphatic rings. The second-order valence-corrected chi connectivity index (χ2v) is 5.05. The summed E-state index contributed by atoms with van der Waals surface area (Å²) >= 11 is 0. The van der Waals surface area contributed by atoms with Gasteiger partial charge in [0.05, 0.1) is 18.3 Å². The minimum atomic E-state index is -0.477. The van der Waals surface area contributed by atoms with Gasteiger partial charge in [-0.3, -0.25) is 0 Å². The number of aliphatic hydroxyl groups excluding tert-OH is 1. The summed E-state index contributed by atoms with van der Waals surface area (Å²) in [6.45, 7) is 1.08. The van der Waals surface area contributed by atoms with E-state index in [1.807, 2.05) is 0 Å². The number of hydrogen-bond donors (Lipinski definition) is 2. The number of hydrogen-bond acceptors (Lipinski definition) is 4. The lowest BCUT2D eigenvalue weighted by molar-refractivity contribution is -0.175. The Morgan fingerprint density at radius 1 is 1.38 bits per heavy atom. The molecule has 0 bridgehead atoms. The predicted molar refractivity (Wildman–Crippen MR) is 59.0 cm³/mol. The van der Waals surface area contributed by atoms with E-state index in [1.165, 1.54) is 0 Å². The van der Waals surface area contributed by atoms with Crippen molar-refractivity contribution in [1.29, 1.82) is 0 Å². The Bertz CT molecular complexity index is 209. The van der Waals surface area contributed by atoms with Gasteiger partial charge in [-0.2, -0.15) is 0 Å². The van der Waals surface area contributed by atoms with Crippen molar-refractivity contribution in [1.82, 2.24) is 0 Å². The maximum Gasteiger partial charge on any atom is 0.157 e. The normalized spacial score (nSPS) is 30.0. The first-order valence-corrected chi connectivity index (χ1v) is 6.32. The molecular weight excluding hydrogens is 208 g/mol. The van der Waals surface area contributed by atoms with Crippen LogP contribution >= 0.6 is 0 Å². The van der Waals surface area contributed by atoms with Gasteiger partial charge in [0.25, 0.3) is 0 Å². The van der Waals surface area contributed by atoms with Crippen LogP contribution in [-0.4, -0.2) is 41.4 Å². The molecule has 1 saturated heterocycles. The van der Waals surface area contributed by atoms with Gasteiger partial charge in [0, 0.05) is 6.61 Å². The zero-order valence-corrected chi connectivity index (χ0v) is 9.73. The third kappa shape index (κ3) is 4.01. The molecule has 2 atom stereocenters. The summed E-state index contributed by atoms with van der Waals surface area (Å²) in [5.41, 5.74) is -0.470. The maximum absolute atomic E-state index is 9.68. The van der Waals surface area contributed by atoms with Crippen molar-refractivity contribution in [2.24, 2.45) is 0 Å². The Morgan fingerprint density at radius 3 is 2.81 bits per heavy atom. The third-order valence-electron chi connectivity index (χ3n) is 3.38. The van der Waals surface area contributed by atoms with Crippen molar-refractivity contribution in [2.45, 2.75) is 62.9 Å². The largest absolute Gasteiger partial charge is 0.391 e. The molecule has 1 unspecified atom stereocenters. The van der Waals surface area contributed by atoms with Gasteiger partial charge < -0.3 is 19.7 Å². The molecular formula is C12H22O4. The SMILES string of the molecule is O[C@@H](CCC1(O)CC1)COC1CCCCO1. The Morgan fingerprint density at radius 2 is 2.19 bits per heavy atom. The molecule has 0 spiro atoms. The van der Waals surface area contributed by atoms with Crippen LogP contribution in [0.2, 0.25) is 0 Å². The molecule has 0 aromatic rings. The smallest absolute Gasteiger partial charge is 0.157 e. The molecule has 94 valence electrons. The van der Waals surface area contributed by atoms with E-state index in [2.05, 4.69) is 0 Å². The van der Waals surface area contributed by atoms with Crippen LogP contribution in [0.5, 0.6) is 0 Å². The molecule has 2 fully saturated rings. The highest BCUT2D eigenvalue weighted by atomic mass is 16.7. The maximum atomic E-state index is 9.68. The average molecular weight is 230 g/mol. The van der Waals surface area contributed by atoms with Gasteiger partial charge in [0.15, 0.2) is 6.29 Å². The number of ether oxygens (including phenoxy) is 2. The lowest BCUT2D eigenvalue weighted by Crippen LogP contribution is -2.27. The van der Waals surface area contributed by atoms with Crippen LogP contribution in [0.25, 0.3) is 0 Å². The Kier molecular flexibility index (Phi) is 4.19. The first kappa shape index (κ1) is 12.3. The highest BCUT2D eigenvalue weighted by molar-refractivity contribution is 4.93. The number of rotatable bonds is 6. The van der Waals surface area contributed by atoms with Crippen molar-refractivity contribution in [3.8, 4) is 0 Å². The molecule has 1 heterocycles. The van der Waals surface area contributed by atoms with Gasteiger partial charge in [0.1, 0.15) is 0 Å². The highest BCUT2D eigenvalue weighted by Crippen LogP contribution is 2.39. The standard InChI is InChI=1S/C12H22O4/c13-10(4-5-12(14)6-7-12)9-16-11-3-1-2-8-15-11/h10-11,13-14H,1-9H2/t10-,11?/m0/s1. The Labute approximate surface area is 96.6 Å². The van der Waals surface area contributed by atoms with Gasteiger partial charge in [0.2, 0.25) is 0 Å². The van der Waals surface area contributed by atoms with Crippen LogP contribution < -0.4 is 0 Å². The van der Waals surface area contributed by atoms with E-state index >= 15 is 0 Å². The average Bonchev–Trinajstić information content (AvgIpc) is 3.04. The molecule has 0 aromatic heterocycles. The minimum Gasteiger partial charge on any atom is -0.391 e. The van der Waals surface area contributed by atoms with E-state index in [0.29, 0.717) is 19.4 Å². The monoisotopic (exact) mass is 230 g/mol.